The largest absolute Gasteiger partial charge is 0.182 e. The van der Waals surface area contributed by atoms with E-state index in [0.29, 0.717) is 14.7 Å². The molecule has 0 aromatic heterocycles. The van der Waals surface area contributed by atoms with Crippen molar-refractivity contribution in [3.63, 3.8) is 0 Å². The zero-order chi connectivity index (χ0) is 19.7. The summed E-state index contributed by atoms with van der Waals surface area (Å²) < 4.78 is 41.0. The van der Waals surface area contributed by atoms with E-state index in [1.807, 2.05) is 81.4 Å². The van der Waals surface area contributed by atoms with Crippen molar-refractivity contribution >= 4 is 10.3 Å². The molecule has 0 aliphatic rings. The molecule has 0 aliphatic carbocycles. The summed E-state index contributed by atoms with van der Waals surface area (Å²) >= 11 is 0. The van der Waals surface area contributed by atoms with Gasteiger partial charge in [0.05, 0.1) is 20.6 Å². The molecule has 3 aromatic carbocycles. The molecule has 27 heavy (non-hydrogen) atoms. The highest BCUT2D eigenvalue weighted by molar-refractivity contribution is 8.30. The van der Waals surface area contributed by atoms with Gasteiger partial charge in [-0.2, -0.15) is 14.0 Å². The second kappa shape index (κ2) is 7.64. The van der Waals surface area contributed by atoms with Gasteiger partial charge in [-0.25, -0.2) is 0 Å². The van der Waals surface area contributed by atoms with Gasteiger partial charge in [-0.15, -0.1) is 0 Å². The molecule has 0 radical (unpaired) electrons. The fourth-order valence-electron chi connectivity index (χ4n) is 2.97. The number of hydrogen-bond donors (Lipinski definition) is 0. The van der Waals surface area contributed by atoms with Gasteiger partial charge in [0.15, 0.2) is 0 Å². The van der Waals surface area contributed by atoms with E-state index in [0.717, 1.165) is 16.7 Å². The van der Waals surface area contributed by atoms with Gasteiger partial charge < -0.3 is 0 Å². The van der Waals surface area contributed by atoms with Crippen molar-refractivity contribution in [1.29, 1.82) is 0 Å². The predicted molar refractivity (Wildman–Crippen MR) is 97.0 cm³/mol. The van der Waals surface area contributed by atoms with Gasteiger partial charge >= 0.3 is 0 Å². The van der Waals surface area contributed by atoms with Crippen molar-refractivity contribution in [2.24, 2.45) is 0 Å². The number of aryl methyl sites for hydroxylation is 3. The minimum Gasteiger partial charge on any atom is -0.182 e. The molecule has 0 aliphatic heterocycles. The van der Waals surface area contributed by atoms with Gasteiger partial charge in [-0.1, -0.05) is 48.0 Å². The van der Waals surface area contributed by atoms with E-state index in [2.05, 4.69) is 0 Å². The van der Waals surface area contributed by atoms with E-state index in [1.54, 1.807) is 12.1 Å². The highest BCUT2D eigenvalue weighted by Gasteiger charge is 2.47. The Kier molecular flexibility index (Phi) is 5.63. The van der Waals surface area contributed by atoms with E-state index in [4.69, 9.17) is 3.74 Å². The maximum Gasteiger partial charge on any atom is 0.134 e. The van der Waals surface area contributed by atoms with Crippen LogP contribution in [0.1, 0.15) is 16.7 Å². The summed E-state index contributed by atoms with van der Waals surface area (Å²) in [5, 5.41) is 0. The monoisotopic (exact) mass is 404 g/mol. The molecule has 0 saturated carbocycles. The van der Waals surface area contributed by atoms with Crippen LogP contribution < -0.4 is 14.0 Å². The first-order valence-electron chi connectivity index (χ1n) is 8.37. The third-order valence-corrected chi connectivity index (χ3v) is 8.56. The van der Waals surface area contributed by atoms with Gasteiger partial charge in [0.25, 0.3) is 0 Å². The number of hydrogen-bond acceptors (Lipinski definition) is 4. The lowest BCUT2D eigenvalue weighted by atomic mass is 10.2. The normalized spacial score (nSPS) is 15.2. The standard InChI is InChI=1S/C21H21ClO4S/c1-16-10-13-20(14-11-16)27(26-22(23,24)25,19-7-5-4-6-8-19)21-15-17(2)9-12-18(21)3/h4-15H,1-3H3. The molecule has 0 fully saturated rings. The number of halogens is 1. The van der Waals surface area contributed by atoms with Crippen LogP contribution in [-0.4, -0.2) is 0 Å². The van der Waals surface area contributed by atoms with E-state index in [1.165, 1.54) is 0 Å². The Bertz CT molecular complexity index is 923. The van der Waals surface area contributed by atoms with Crippen molar-refractivity contribution in [1.82, 2.24) is 0 Å². The summed E-state index contributed by atoms with van der Waals surface area (Å²) in [7, 11) is -7.44. The second-order valence-electron chi connectivity index (χ2n) is 6.39. The summed E-state index contributed by atoms with van der Waals surface area (Å²) in [6.07, 6.45) is 0. The van der Waals surface area contributed by atoms with Crippen LogP contribution in [-0.2, 0) is 3.74 Å². The van der Waals surface area contributed by atoms with Crippen molar-refractivity contribution in [3.8, 4) is 0 Å². The second-order valence-corrected chi connectivity index (χ2v) is 10.1. The lowest BCUT2D eigenvalue weighted by Gasteiger charge is -2.35. The molecule has 0 saturated heterocycles. The summed E-state index contributed by atoms with van der Waals surface area (Å²) in [5.74, 6) is 0. The third-order valence-electron chi connectivity index (χ3n) is 4.25. The van der Waals surface area contributed by atoms with Gasteiger partial charge in [0.2, 0.25) is 0 Å². The number of benzene rings is 3. The third kappa shape index (κ3) is 4.19. The topological polar surface area (TPSA) is 78.4 Å². The molecule has 0 heterocycles. The van der Waals surface area contributed by atoms with Crippen molar-refractivity contribution in [3.05, 3.63) is 89.5 Å². The Balaban J connectivity index is 2.41. The number of rotatable bonds is 5. The minimum atomic E-state index is -4.66. The molecule has 0 N–H and O–H groups in total. The molecule has 1 unspecified atom stereocenters. The first-order valence-corrected chi connectivity index (χ1v) is 11.2. The Labute approximate surface area is 163 Å². The lowest BCUT2D eigenvalue weighted by molar-refractivity contribution is -1.91. The Morgan fingerprint density at radius 1 is 0.704 bits per heavy atom. The first-order chi connectivity index (χ1) is 12.7. The summed E-state index contributed by atoms with van der Waals surface area (Å²) in [5.41, 5.74) is 2.85. The molecule has 3 rings (SSSR count). The first kappa shape index (κ1) is 19.9. The molecule has 1 atom stereocenters. The molecule has 0 amide bonds. The molecule has 3 aromatic rings. The fraction of sp³-hybridized carbons (Fsp3) is 0.143. The fourth-order valence-corrected chi connectivity index (χ4v) is 7.46. The quantitative estimate of drug-likeness (QED) is 0.655. The molecule has 0 bridgehead atoms. The Hall–Kier alpha value is -1.86. The van der Waals surface area contributed by atoms with Gasteiger partial charge in [-0.3, -0.25) is 0 Å². The van der Waals surface area contributed by atoms with Gasteiger partial charge in [0.1, 0.15) is 3.74 Å². The van der Waals surface area contributed by atoms with Crippen LogP contribution >= 0.6 is 10.3 Å². The zero-order valence-corrected chi connectivity index (χ0v) is 16.9. The Morgan fingerprint density at radius 2 is 1.26 bits per heavy atom. The van der Waals surface area contributed by atoms with E-state index in [-0.39, 0.29) is 0 Å². The van der Waals surface area contributed by atoms with Crippen LogP contribution in [0, 0.1) is 31.0 Å². The van der Waals surface area contributed by atoms with Gasteiger partial charge in [-0.05, 0) is 62.2 Å². The molecular formula is C21H21ClO4S. The van der Waals surface area contributed by atoms with E-state index in [9.17, 15) is 14.0 Å². The van der Waals surface area contributed by atoms with Crippen LogP contribution in [0.3, 0.4) is 0 Å². The summed E-state index contributed by atoms with van der Waals surface area (Å²) in [6.45, 7) is 5.77. The van der Waals surface area contributed by atoms with Crippen molar-refractivity contribution in [2.45, 2.75) is 35.5 Å². The van der Waals surface area contributed by atoms with Crippen molar-refractivity contribution < 1.29 is 28.0 Å². The minimum absolute atomic E-state index is 0.648. The highest BCUT2D eigenvalue weighted by Crippen LogP contribution is 2.70. The maximum absolute atomic E-state index is 11.8. The Morgan fingerprint density at radius 3 is 1.85 bits per heavy atom. The highest BCUT2D eigenvalue weighted by atomic mass is 35.7. The SMILES string of the molecule is Cc1ccc(S(O[Cl+3]([O-])([O-])[O-])(c2ccccc2)c2cc(C)ccc2C)cc1. The molecule has 0 spiro atoms. The zero-order valence-electron chi connectivity index (χ0n) is 15.3. The molecule has 4 nitrogen and oxygen atoms in total. The van der Waals surface area contributed by atoms with Crippen molar-refractivity contribution in [2.75, 3.05) is 0 Å². The smallest absolute Gasteiger partial charge is 0.134 e. The lowest BCUT2D eigenvalue weighted by Crippen LogP contribution is -2.61. The maximum atomic E-state index is 11.8. The van der Waals surface area contributed by atoms with Crippen LogP contribution in [0.15, 0.2) is 87.5 Å². The van der Waals surface area contributed by atoms with Crippen LogP contribution in [0.25, 0.3) is 0 Å². The molecular weight excluding hydrogens is 384 g/mol. The molecule has 142 valence electrons. The van der Waals surface area contributed by atoms with E-state index >= 15 is 0 Å². The predicted octanol–water partition coefficient (Wildman–Crippen LogP) is 2.72. The average molecular weight is 405 g/mol. The summed E-state index contributed by atoms with van der Waals surface area (Å²) in [4.78, 5) is 2.00. The van der Waals surface area contributed by atoms with E-state index < -0.39 is 20.6 Å². The summed E-state index contributed by atoms with van der Waals surface area (Å²) in [6, 6.07) is 22.3. The average Bonchev–Trinajstić information content (AvgIpc) is 2.62. The van der Waals surface area contributed by atoms with Crippen LogP contribution in [0.2, 0.25) is 0 Å². The molecule has 6 heteroatoms. The van der Waals surface area contributed by atoms with Crippen LogP contribution in [0.5, 0.6) is 0 Å². The van der Waals surface area contributed by atoms with Gasteiger partial charge in [0, 0.05) is 14.7 Å². The van der Waals surface area contributed by atoms with Crippen LogP contribution in [0.4, 0.5) is 0 Å².